The van der Waals surface area contributed by atoms with Gasteiger partial charge in [0.15, 0.2) is 0 Å². The fraction of sp³-hybridized carbons (Fsp3) is 0.818. The average Bonchev–Trinajstić information content (AvgIpc) is 2.10. The van der Waals surface area contributed by atoms with E-state index in [-0.39, 0.29) is 0 Å². The van der Waals surface area contributed by atoms with Crippen LogP contribution in [0.15, 0.2) is 0 Å². The maximum absolute atomic E-state index is 12.9. The molecule has 0 rings (SSSR count). The molecule has 1 unspecified atom stereocenters. The molecule has 3 N–H and O–H groups in total. The molecule has 0 amide bonds. The van der Waals surface area contributed by atoms with Gasteiger partial charge in [-0.05, 0) is 34.6 Å². The van der Waals surface area contributed by atoms with Crippen molar-refractivity contribution < 1.29 is 32.6 Å². The van der Waals surface area contributed by atoms with Gasteiger partial charge in [-0.25, -0.2) is 9.59 Å². The van der Waals surface area contributed by atoms with E-state index in [1.165, 1.54) is 20.8 Å². The number of esters is 1. The molecule has 112 valence electrons. The van der Waals surface area contributed by atoms with Crippen molar-refractivity contribution in [2.45, 2.75) is 51.9 Å². The van der Waals surface area contributed by atoms with Gasteiger partial charge in [-0.3, -0.25) is 0 Å². The summed E-state index contributed by atoms with van der Waals surface area (Å²) in [7, 11) is 0. The summed E-state index contributed by atoms with van der Waals surface area (Å²) < 4.78 is 43.5. The summed E-state index contributed by atoms with van der Waals surface area (Å²) >= 11 is 0. The van der Waals surface area contributed by atoms with Crippen molar-refractivity contribution in [3.63, 3.8) is 0 Å². The molecule has 0 radical (unpaired) electrons. The van der Waals surface area contributed by atoms with Gasteiger partial charge in [0.2, 0.25) is 5.54 Å². The smallest absolute Gasteiger partial charge is 0.396 e. The number of ether oxygens (including phenoxy) is 1. The molecule has 0 fully saturated rings. The van der Waals surface area contributed by atoms with Crippen LogP contribution in [0.25, 0.3) is 0 Å². The van der Waals surface area contributed by atoms with E-state index in [4.69, 9.17) is 15.6 Å². The van der Waals surface area contributed by atoms with Crippen molar-refractivity contribution in [2.24, 2.45) is 11.1 Å². The maximum atomic E-state index is 12.9. The largest absolute Gasteiger partial charge is 0.479 e. The fourth-order valence-electron chi connectivity index (χ4n) is 1.19. The molecule has 8 heteroatoms. The van der Waals surface area contributed by atoms with E-state index in [1.54, 1.807) is 0 Å². The zero-order valence-electron chi connectivity index (χ0n) is 11.4. The van der Waals surface area contributed by atoms with Gasteiger partial charge in [-0.15, -0.1) is 0 Å². The lowest BCUT2D eigenvalue weighted by Gasteiger charge is -2.40. The van der Waals surface area contributed by atoms with Gasteiger partial charge in [0, 0.05) is 0 Å². The van der Waals surface area contributed by atoms with Gasteiger partial charge in [0.25, 0.3) is 0 Å². The Bertz CT molecular complexity index is 384. The molecule has 0 aliphatic heterocycles. The van der Waals surface area contributed by atoms with E-state index in [9.17, 15) is 22.8 Å². The van der Waals surface area contributed by atoms with Gasteiger partial charge in [-0.1, -0.05) is 0 Å². The first-order chi connectivity index (χ1) is 8.07. The first-order valence-electron chi connectivity index (χ1n) is 5.40. The average molecular weight is 285 g/mol. The highest BCUT2D eigenvalue weighted by Gasteiger charge is 2.68. The highest BCUT2D eigenvalue weighted by molar-refractivity contribution is 6.05. The second-order valence-electron chi connectivity index (χ2n) is 5.74. The van der Waals surface area contributed by atoms with Crippen molar-refractivity contribution >= 4 is 11.9 Å². The second kappa shape index (κ2) is 4.66. The van der Waals surface area contributed by atoms with Crippen LogP contribution in [0.4, 0.5) is 13.2 Å². The Labute approximate surface area is 108 Å². The molecule has 0 aromatic rings. The van der Waals surface area contributed by atoms with Gasteiger partial charge in [-0.2, -0.15) is 13.2 Å². The number of carboxylic acid groups (broad SMARTS) is 1. The number of halogens is 3. The number of hydrogen-bond acceptors (Lipinski definition) is 4. The molecule has 19 heavy (non-hydrogen) atoms. The monoisotopic (exact) mass is 285 g/mol. The lowest BCUT2D eigenvalue weighted by molar-refractivity contribution is -0.242. The number of alkyl halides is 3. The Morgan fingerprint density at radius 2 is 1.42 bits per heavy atom. The zero-order chi connectivity index (χ0) is 15.9. The normalized spacial score (nSPS) is 16.7. The lowest BCUT2D eigenvalue weighted by atomic mass is 9.71. The third-order valence-electron chi connectivity index (χ3n) is 2.75. The first kappa shape index (κ1) is 17.7. The van der Waals surface area contributed by atoms with E-state index in [0.29, 0.717) is 13.8 Å². The summed E-state index contributed by atoms with van der Waals surface area (Å²) in [6.07, 6.45) is -4.99. The standard InChI is InChI=1S/C11H18F3NO4/c1-8(2,3)19-7(18)10(15,6(16)17)9(4,5)11(12,13)14/h15H2,1-5H3,(H,16,17). The predicted molar refractivity (Wildman–Crippen MR) is 60.2 cm³/mol. The molecule has 0 saturated carbocycles. The Balaban J connectivity index is 5.78. The Morgan fingerprint density at radius 3 is 1.63 bits per heavy atom. The lowest BCUT2D eigenvalue weighted by Crippen LogP contribution is -2.69. The predicted octanol–water partition coefficient (Wildman–Crippen LogP) is 1.70. The van der Waals surface area contributed by atoms with E-state index in [2.05, 4.69) is 0 Å². The van der Waals surface area contributed by atoms with Crippen molar-refractivity contribution in [2.75, 3.05) is 0 Å². The summed E-state index contributed by atoms with van der Waals surface area (Å²) in [6.45, 7) is 5.28. The summed E-state index contributed by atoms with van der Waals surface area (Å²) in [5.74, 6) is -3.72. The summed E-state index contributed by atoms with van der Waals surface area (Å²) in [5, 5.41) is 8.97. The van der Waals surface area contributed by atoms with Gasteiger partial charge >= 0.3 is 18.1 Å². The minimum absolute atomic E-state index is 0.547. The zero-order valence-corrected chi connectivity index (χ0v) is 11.4. The third-order valence-corrected chi connectivity index (χ3v) is 2.75. The Hall–Kier alpha value is -1.31. The minimum atomic E-state index is -4.99. The van der Waals surface area contributed by atoms with Crippen LogP contribution < -0.4 is 5.73 Å². The van der Waals surface area contributed by atoms with Crippen molar-refractivity contribution in [1.82, 2.24) is 0 Å². The molecule has 0 aromatic heterocycles. The number of carbonyl (C=O) groups excluding carboxylic acids is 1. The number of carboxylic acids is 1. The number of aliphatic carboxylic acids is 1. The number of hydrogen-bond donors (Lipinski definition) is 2. The second-order valence-corrected chi connectivity index (χ2v) is 5.74. The molecular weight excluding hydrogens is 267 g/mol. The number of nitrogens with two attached hydrogens (primary N) is 1. The third kappa shape index (κ3) is 3.17. The van der Waals surface area contributed by atoms with Crippen LogP contribution in [0.2, 0.25) is 0 Å². The molecule has 1 atom stereocenters. The molecule has 0 bridgehead atoms. The number of carbonyl (C=O) groups is 2. The van der Waals surface area contributed by atoms with Crippen LogP contribution in [-0.4, -0.2) is 34.4 Å². The van der Waals surface area contributed by atoms with E-state index in [1.807, 2.05) is 0 Å². The molecule has 0 aromatic carbocycles. The van der Waals surface area contributed by atoms with Crippen molar-refractivity contribution in [1.29, 1.82) is 0 Å². The van der Waals surface area contributed by atoms with Crippen LogP contribution in [0, 0.1) is 5.41 Å². The van der Waals surface area contributed by atoms with E-state index in [0.717, 1.165) is 0 Å². The van der Waals surface area contributed by atoms with Crippen LogP contribution in [-0.2, 0) is 14.3 Å². The quantitative estimate of drug-likeness (QED) is 0.608. The van der Waals surface area contributed by atoms with Gasteiger partial charge in [0.1, 0.15) is 11.0 Å². The van der Waals surface area contributed by atoms with E-state index >= 15 is 0 Å². The molecule has 5 nitrogen and oxygen atoms in total. The molecule has 0 saturated heterocycles. The highest BCUT2D eigenvalue weighted by atomic mass is 19.4. The SMILES string of the molecule is CC(C)(C)OC(=O)C(N)(C(=O)O)C(C)(C)C(F)(F)F. The summed E-state index contributed by atoms with van der Waals surface area (Å²) in [6, 6.07) is 0. The first-order valence-corrected chi connectivity index (χ1v) is 5.40. The van der Waals surface area contributed by atoms with Gasteiger partial charge in [0.05, 0.1) is 0 Å². The van der Waals surface area contributed by atoms with Crippen LogP contribution in [0.5, 0.6) is 0 Å². The molecule has 0 spiro atoms. The Morgan fingerprint density at radius 1 is 1.05 bits per heavy atom. The number of rotatable bonds is 3. The molecule has 0 heterocycles. The van der Waals surface area contributed by atoms with Gasteiger partial charge < -0.3 is 15.6 Å². The van der Waals surface area contributed by atoms with Crippen LogP contribution in [0.3, 0.4) is 0 Å². The van der Waals surface area contributed by atoms with Crippen molar-refractivity contribution in [3.8, 4) is 0 Å². The molecule has 0 aliphatic carbocycles. The summed E-state index contributed by atoms with van der Waals surface area (Å²) in [4.78, 5) is 22.9. The van der Waals surface area contributed by atoms with Crippen LogP contribution in [0.1, 0.15) is 34.6 Å². The summed E-state index contributed by atoms with van der Waals surface area (Å²) in [5.41, 5.74) is -2.11. The molecular formula is C11H18F3NO4. The van der Waals surface area contributed by atoms with E-state index < -0.39 is 34.7 Å². The fourth-order valence-corrected chi connectivity index (χ4v) is 1.19. The maximum Gasteiger partial charge on any atom is 0.396 e. The highest BCUT2D eigenvalue weighted by Crippen LogP contribution is 2.45. The minimum Gasteiger partial charge on any atom is -0.479 e. The molecule has 0 aliphatic rings. The Kier molecular flexibility index (Phi) is 4.34. The van der Waals surface area contributed by atoms with Crippen molar-refractivity contribution in [3.05, 3.63) is 0 Å². The topological polar surface area (TPSA) is 89.6 Å². The van der Waals surface area contributed by atoms with Crippen LogP contribution >= 0.6 is 0 Å².